The molecule has 0 radical (unpaired) electrons. The second-order valence-corrected chi connectivity index (χ2v) is 5.76. The number of hydrogen-bond donors (Lipinski definition) is 1. The highest BCUT2D eigenvalue weighted by Gasteiger charge is 2.11. The van der Waals surface area contributed by atoms with Gasteiger partial charge in [0.05, 0.1) is 6.54 Å². The summed E-state index contributed by atoms with van der Waals surface area (Å²) >= 11 is 4.11. The second-order valence-electron chi connectivity index (χ2n) is 3.46. The molecule has 4 nitrogen and oxygen atoms in total. The van der Waals surface area contributed by atoms with E-state index in [1.165, 1.54) is 23.0 Å². The zero-order valence-corrected chi connectivity index (χ0v) is 10.3. The first-order valence-corrected chi connectivity index (χ1v) is 7.47. The summed E-state index contributed by atoms with van der Waals surface area (Å²) in [6.45, 7) is 1.89. The van der Waals surface area contributed by atoms with Crippen LogP contribution < -0.4 is 5.32 Å². The molecule has 15 heavy (non-hydrogen) atoms. The average Bonchev–Trinajstić information content (AvgIpc) is 2.62. The number of nitrogens with one attached hydrogen (secondary N) is 1. The van der Waals surface area contributed by atoms with Gasteiger partial charge in [-0.3, -0.25) is 4.68 Å². The molecule has 1 aromatic heterocycles. The van der Waals surface area contributed by atoms with E-state index in [0.29, 0.717) is 6.04 Å². The van der Waals surface area contributed by atoms with Gasteiger partial charge in [0, 0.05) is 35.6 Å². The van der Waals surface area contributed by atoms with Crippen molar-refractivity contribution in [3.05, 3.63) is 12.7 Å². The minimum atomic E-state index is 0.658. The van der Waals surface area contributed by atoms with Crippen molar-refractivity contribution in [3.8, 4) is 0 Å². The van der Waals surface area contributed by atoms with E-state index in [4.69, 9.17) is 0 Å². The minimum absolute atomic E-state index is 0.658. The van der Waals surface area contributed by atoms with Gasteiger partial charge in [-0.15, -0.1) is 0 Å². The van der Waals surface area contributed by atoms with Crippen molar-refractivity contribution in [1.29, 1.82) is 0 Å². The Balaban J connectivity index is 1.64. The monoisotopic (exact) mass is 244 g/mol. The molecule has 0 bridgehead atoms. The Bertz CT molecular complexity index is 257. The van der Waals surface area contributed by atoms with Gasteiger partial charge in [-0.25, -0.2) is 4.98 Å². The van der Waals surface area contributed by atoms with Crippen molar-refractivity contribution in [1.82, 2.24) is 20.1 Å². The molecule has 1 aliphatic rings. The van der Waals surface area contributed by atoms with Crippen LogP contribution in [0.1, 0.15) is 0 Å². The smallest absolute Gasteiger partial charge is 0.137 e. The molecule has 1 fully saturated rings. The maximum Gasteiger partial charge on any atom is 0.137 e. The lowest BCUT2D eigenvalue weighted by atomic mass is 10.4. The highest BCUT2D eigenvalue weighted by Crippen LogP contribution is 2.16. The molecule has 0 aromatic carbocycles. The molecule has 1 aromatic rings. The summed E-state index contributed by atoms with van der Waals surface area (Å²) in [4.78, 5) is 3.92. The summed E-state index contributed by atoms with van der Waals surface area (Å²) in [5.74, 6) is 5.08. The predicted octanol–water partition coefficient (Wildman–Crippen LogP) is 0.716. The van der Waals surface area contributed by atoms with Gasteiger partial charge >= 0.3 is 0 Å². The molecule has 0 aliphatic carbocycles. The molecule has 0 atom stereocenters. The number of rotatable bonds is 4. The molecule has 0 spiro atoms. The third-order valence-corrected chi connectivity index (χ3v) is 4.77. The van der Waals surface area contributed by atoms with Gasteiger partial charge in [-0.2, -0.15) is 28.6 Å². The van der Waals surface area contributed by atoms with E-state index < -0.39 is 0 Å². The van der Waals surface area contributed by atoms with Gasteiger partial charge in [0.15, 0.2) is 0 Å². The molecule has 1 aliphatic heterocycles. The normalized spacial score (nSPS) is 18.9. The lowest BCUT2D eigenvalue weighted by Gasteiger charge is -2.14. The first-order chi connectivity index (χ1) is 7.45. The van der Waals surface area contributed by atoms with Crippen LogP contribution in [0.5, 0.6) is 0 Å². The van der Waals surface area contributed by atoms with Crippen LogP contribution in [0, 0.1) is 0 Å². The molecule has 1 saturated heterocycles. The van der Waals surface area contributed by atoms with Gasteiger partial charge in [-0.1, -0.05) is 0 Å². The molecule has 6 heteroatoms. The van der Waals surface area contributed by atoms with Crippen LogP contribution in [0.15, 0.2) is 12.7 Å². The molecule has 0 amide bonds. The van der Waals surface area contributed by atoms with Gasteiger partial charge in [0.2, 0.25) is 0 Å². The first-order valence-electron chi connectivity index (χ1n) is 5.16. The Hall–Kier alpha value is -0.200. The van der Waals surface area contributed by atoms with Crippen molar-refractivity contribution in [2.75, 3.05) is 29.6 Å². The maximum absolute atomic E-state index is 4.07. The molecular formula is C9H16N4S2. The van der Waals surface area contributed by atoms with E-state index in [1.54, 1.807) is 12.7 Å². The molecule has 0 unspecified atom stereocenters. The van der Waals surface area contributed by atoms with E-state index in [0.717, 1.165) is 13.1 Å². The van der Waals surface area contributed by atoms with Crippen molar-refractivity contribution in [2.45, 2.75) is 12.6 Å². The van der Waals surface area contributed by atoms with Crippen molar-refractivity contribution in [3.63, 3.8) is 0 Å². The second kappa shape index (κ2) is 6.40. The Labute approximate surface area is 98.6 Å². The molecule has 2 heterocycles. The highest BCUT2D eigenvalue weighted by molar-refractivity contribution is 8.03. The molecule has 1 N–H and O–H groups in total. The third-order valence-electron chi connectivity index (χ3n) is 2.25. The van der Waals surface area contributed by atoms with Gasteiger partial charge in [0.1, 0.15) is 12.7 Å². The fourth-order valence-electron chi connectivity index (χ4n) is 1.47. The average molecular weight is 244 g/mol. The standard InChI is InChI=1S/C9H16N4S2/c1(2-13-8-10-7-12-13)11-9-5-14-3-4-15-6-9/h7-9,11H,1-6H2. The van der Waals surface area contributed by atoms with E-state index in [9.17, 15) is 0 Å². The van der Waals surface area contributed by atoms with Crippen LogP contribution in [-0.4, -0.2) is 50.4 Å². The van der Waals surface area contributed by atoms with Gasteiger partial charge < -0.3 is 5.32 Å². The number of nitrogens with zero attached hydrogens (tertiary/aromatic N) is 3. The van der Waals surface area contributed by atoms with Crippen molar-refractivity contribution < 1.29 is 0 Å². The fourth-order valence-corrected chi connectivity index (χ4v) is 3.93. The fraction of sp³-hybridized carbons (Fsp3) is 0.778. The molecule has 0 saturated carbocycles. The van der Waals surface area contributed by atoms with Crippen molar-refractivity contribution in [2.24, 2.45) is 0 Å². The van der Waals surface area contributed by atoms with Gasteiger partial charge in [0.25, 0.3) is 0 Å². The minimum Gasteiger partial charge on any atom is -0.310 e. The summed E-state index contributed by atoms with van der Waals surface area (Å²) in [7, 11) is 0. The van der Waals surface area contributed by atoms with Crippen LogP contribution in [-0.2, 0) is 6.54 Å². The summed E-state index contributed by atoms with van der Waals surface area (Å²) < 4.78 is 1.87. The zero-order chi connectivity index (χ0) is 10.3. The topological polar surface area (TPSA) is 42.7 Å². The molecule has 2 rings (SSSR count). The lowest BCUT2D eigenvalue weighted by Crippen LogP contribution is -2.35. The van der Waals surface area contributed by atoms with Crippen LogP contribution in [0.25, 0.3) is 0 Å². The quantitative estimate of drug-likeness (QED) is 0.845. The number of aromatic nitrogens is 3. The largest absolute Gasteiger partial charge is 0.310 e. The molecular weight excluding hydrogens is 228 g/mol. The summed E-state index contributed by atoms with van der Waals surface area (Å²) in [5.41, 5.74) is 0. The van der Waals surface area contributed by atoms with Crippen LogP contribution in [0.4, 0.5) is 0 Å². The third kappa shape index (κ3) is 4.04. The Kier molecular flexibility index (Phi) is 4.82. The van der Waals surface area contributed by atoms with Crippen LogP contribution >= 0.6 is 23.5 Å². The summed E-state index contributed by atoms with van der Waals surface area (Å²) in [6.07, 6.45) is 3.34. The number of hydrogen-bond acceptors (Lipinski definition) is 5. The molecule has 84 valence electrons. The van der Waals surface area contributed by atoms with E-state index in [-0.39, 0.29) is 0 Å². The van der Waals surface area contributed by atoms with Gasteiger partial charge in [-0.05, 0) is 0 Å². The number of thioether (sulfide) groups is 2. The SMILES string of the molecule is c1ncn(CCNC2CSCCSC2)n1. The van der Waals surface area contributed by atoms with Crippen LogP contribution in [0.2, 0.25) is 0 Å². The van der Waals surface area contributed by atoms with E-state index in [1.807, 2.05) is 4.68 Å². The van der Waals surface area contributed by atoms with E-state index in [2.05, 4.69) is 38.9 Å². The summed E-state index contributed by atoms with van der Waals surface area (Å²) in [6, 6.07) is 0.658. The Morgan fingerprint density at radius 1 is 1.33 bits per heavy atom. The maximum atomic E-state index is 4.07. The van der Waals surface area contributed by atoms with Crippen molar-refractivity contribution >= 4 is 23.5 Å². The summed E-state index contributed by atoms with van der Waals surface area (Å²) in [5, 5.41) is 7.64. The zero-order valence-electron chi connectivity index (χ0n) is 8.63. The predicted molar refractivity (Wildman–Crippen MR) is 66.5 cm³/mol. The first kappa shape index (κ1) is 11.3. The van der Waals surface area contributed by atoms with E-state index >= 15 is 0 Å². The highest BCUT2D eigenvalue weighted by atomic mass is 32.2. The Morgan fingerprint density at radius 2 is 2.13 bits per heavy atom. The lowest BCUT2D eigenvalue weighted by molar-refractivity contribution is 0.522. The Morgan fingerprint density at radius 3 is 2.80 bits per heavy atom. The van der Waals surface area contributed by atoms with Crippen LogP contribution in [0.3, 0.4) is 0 Å².